The highest BCUT2D eigenvalue weighted by Gasteiger charge is 2.42. The molecule has 2 aromatic rings. The van der Waals surface area contributed by atoms with Crippen LogP contribution >= 0.6 is 23.4 Å². The normalized spacial score (nSPS) is 18.2. The van der Waals surface area contributed by atoms with Gasteiger partial charge in [0.25, 0.3) is 0 Å². The third-order valence-electron chi connectivity index (χ3n) is 6.46. The van der Waals surface area contributed by atoms with Gasteiger partial charge in [0, 0.05) is 36.8 Å². The fraction of sp³-hybridized carbons (Fsp3) is 0.522. The van der Waals surface area contributed by atoms with Crippen LogP contribution in [0, 0.1) is 0 Å². The topological polar surface area (TPSA) is 90.1 Å². The lowest BCUT2D eigenvalue weighted by atomic mass is 9.80. The monoisotopic (exact) mass is 475 g/mol. The first-order valence-electron chi connectivity index (χ1n) is 11.1. The Balaban J connectivity index is 1.38. The lowest BCUT2D eigenvalue weighted by Crippen LogP contribution is -2.58. The minimum Gasteiger partial charge on any atom is -0.348 e. The zero-order valence-electron chi connectivity index (χ0n) is 18.3. The van der Waals surface area contributed by atoms with Crippen LogP contribution in [-0.4, -0.2) is 64.4 Å². The van der Waals surface area contributed by atoms with Gasteiger partial charge >= 0.3 is 0 Å². The first-order valence-corrected chi connectivity index (χ1v) is 12.9. The maximum absolute atomic E-state index is 13.3. The second-order valence-electron chi connectivity index (χ2n) is 8.52. The van der Waals surface area contributed by atoms with Crippen LogP contribution in [0.3, 0.4) is 0 Å². The van der Waals surface area contributed by atoms with Gasteiger partial charge in [0.15, 0.2) is 0 Å². The van der Waals surface area contributed by atoms with Crippen LogP contribution in [-0.2, 0) is 28.0 Å². The van der Waals surface area contributed by atoms with Crippen molar-refractivity contribution in [1.82, 2.24) is 25.5 Å². The molecule has 0 aliphatic carbocycles. The molecule has 2 aliphatic heterocycles. The van der Waals surface area contributed by atoms with Crippen LogP contribution < -0.4 is 10.6 Å². The molecule has 2 aliphatic rings. The third-order valence-corrected chi connectivity index (χ3v) is 7.36. The Morgan fingerprint density at radius 2 is 2.03 bits per heavy atom. The number of fused-ring (bicyclic) bond motifs is 2. The number of halogens is 1. The average Bonchev–Trinajstić information content (AvgIpc) is 3.29. The number of hydrogen-bond acceptors (Lipinski definition) is 5. The number of carbonyl (C=O) groups is 2. The number of nitrogens with zero attached hydrogens (tertiary/aromatic N) is 2. The van der Waals surface area contributed by atoms with E-state index >= 15 is 0 Å². The van der Waals surface area contributed by atoms with Crippen molar-refractivity contribution in [2.75, 3.05) is 31.6 Å². The van der Waals surface area contributed by atoms with Crippen molar-refractivity contribution in [2.24, 2.45) is 0 Å². The highest BCUT2D eigenvalue weighted by atomic mass is 35.5. The lowest BCUT2D eigenvalue weighted by molar-refractivity contribution is -0.138. The molecule has 7 nitrogen and oxygen atoms in total. The number of thioether (sulfide) groups is 1. The van der Waals surface area contributed by atoms with E-state index in [4.69, 9.17) is 11.6 Å². The van der Waals surface area contributed by atoms with E-state index < -0.39 is 6.04 Å². The van der Waals surface area contributed by atoms with E-state index in [1.807, 2.05) is 23.3 Å². The number of hydrogen-bond donors (Lipinski definition) is 3. The maximum Gasteiger partial charge on any atom is 0.245 e. The van der Waals surface area contributed by atoms with Gasteiger partial charge in [-0.2, -0.15) is 11.8 Å². The Hall–Kier alpha value is -2.03. The molecule has 0 unspecified atom stereocenters. The molecule has 1 aromatic heterocycles. The van der Waals surface area contributed by atoms with Crippen molar-refractivity contribution >= 4 is 35.2 Å². The number of carbonyl (C=O) groups excluding carboxylic acids is 2. The highest BCUT2D eigenvalue weighted by molar-refractivity contribution is 7.98. The minimum atomic E-state index is -0.503. The number of imidazole rings is 1. The number of piperidine rings is 1. The molecule has 3 N–H and O–H groups in total. The van der Waals surface area contributed by atoms with Gasteiger partial charge in [-0.05, 0) is 49.0 Å². The van der Waals surface area contributed by atoms with Crippen LogP contribution in [0.25, 0.3) is 0 Å². The Kier molecular flexibility index (Phi) is 7.43. The minimum absolute atomic E-state index is 0.0106. The Morgan fingerprint density at radius 1 is 1.28 bits per heavy atom. The maximum atomic E-state index is 13.3. The molecule has 1 spiro atoms. The smallest absolute Gasteiger partial charge is 0.245 e. The Bertz CT molecular complexity index is 940. The summed E-state index contributed by atoms with van der Waals surface area (Å²) in [6.45, 7) is 2.22. The summed E-state index contributed by atoms with van der Waals surface area (Å²) in [5.74, 6) is 0.680. The van der Waals surface area contributed by atoms with Crippen LogP contribution in [0.2, 0.25) is 5.02 Å². The Labute approximate surface area is 198 Å². The van der Waals surface area contributed by atoms with Gasteiger partial charge in [0.2, 0.25) is 11.8 Å². The molecule has 0 saturated carbocycles. The molecule has 4 rings (SSSR count). The first-order chi connectivity index (χ1) is 15.5. The molecular formula is C23H30ClN5O2S. The second kappa shape index (κ2) is 10.3. The van der Waals surface area contributed by atoms with Crippen molar-refractivity contribution in [2.45, 2.75) is 43.7 Å². The Morgan fingerprint density at radius 3 is 2.75 bits per heavy atom. The van der Waals surface area contributed by atoms with Crippen molar-refractivity contribution in [3.8, 4) is 0 Å². The molecule has 1 fully saturated rings. The first kappa shape index (κ1) is 23.1. The number of aromatic nitrogens is 2. The van der Waals surface area contributed by atoms with Crippen LogP contribution in [0.5, 0.6) is 0 Å². The van der Waals surface area contributed by atoms with E-state index in [1.54, 1.807) is 30.2 Å². The highest BCUT2D eigenvalue weighted by Crippen LogP contribution is 2.36. The van der Waals surface area contributed by atoms with Crippen molar-refractivity contribution < 1.29 is 9.59 Å². The summed E-state index contributed by atoms with van der Waals surface area (Å²) < 4.78 is 0. The quantitative estimate of drug-likeness (QED) is 0.572. The number of likely N-dealkylation sites (tertiary alicyclic amines) is 1. The van der Waals surface area contributed by atoms with E-state index in [-0.39, 0.29) is 23.8 Å². The van der Waals surface area contributed by atoms with E-state index in [0.29, 0.717) is 24.5 Å². The summed E-state index contributed by atoms with van der Waals surface area (Å²) in [4.78, 5) is 35.7. The van der Waals surface area contributed by atoms with E-state index in [1.165, 1.54) is 5.69 Å². The second-order valence-corrected chi connectivity index (χ2v) is 9.94. The molecule has 3 heterocycles. The lowest BCUT2D eigenvalue weighted by Gasteiger charge is -2.44. The number of rotatable bonds is 7. The molecule has 1 atom stereocenters. The number of aromatic amines is 1. The molecule has 1 aromatic carbocycles. The number of H-pyrrole nitrogens is 1. The van der Waals surface area contributed by atoms with Gasteiger partial charge in [0.1, 0.15) is 6.04 Å². The molecule has 172 valence electrons. The summed E-state index contributed by atoms with van der Waals surface area (Å²) in [6.07, 6.45) is 7.24. The van der Waals surface area contributed by atoms with Crippen LogP contribution in [0.15, 0.2) is 30.6 Å². The molecule has 32 heavy (non-hydrogen) atoms. The standard InChI is InChI=1S/C23H30ClN5O2S/c1-32-13-7-19(28-20(30)14-16-2-4-17(24)5-3-16)22(31)29-11-8-23(9-12-29)21-18(6-10-27-23)25-15-26-21/h2-5,15,19,27H,6-14H2,1H3,(H,25,26)(H,28,30)/t19-/m1/s1. The van der Waals surface area contributed by atoms with Gasteiger partial charge in [0.05, 0.1) is 24.0 Å². The van der Waals surface area contributed by atoms with E-state index in [9.17, 15) is 9.59 Å². The van der Waals surface area contributed by atoms with Gasteiger partial charge < -0.3 is 20.5 Å². The zero-order valence-corrected chi connectivity index (χ0v) is 19.9. The molecular weight excluding hydrogens is 446 g/mol. The van der Waals surface area contributed by atoms with Crippen LogP contribution in [0.4, 0.5) is 0 Å². The molecule has 0 radical (unpaired) electrons. The number of benzene rings is 1. The zero-order chi connectivity index (χ0) is 22.6. The summed E-state index contributed by atoms with van der Waals surface area (Å²) in [7, 11) is 0. The van der Waals surface area contributed by atoms with E-state index in [2.05, 4.69) is 20.6 Å². The van der Waals surface area contributed by atoms with Crippen molar-refractivity contribution in [3.63, 3.8) is 0 Å². The summed E-state index contributed by atoms with van der Waals surface area (Å²) in [5.41, 5.74) is 3.03. The number of amides is 2. The fourth-order valence-electron chi connectivity index (χ4n) is 4.70. The summed E-state index contributed by atoms with van der Waals surface area (Å²) in [6, 6.07) is 6.72. The molecule has 1 saturated heterocycles. The van der Waals surface area contributed by atoms with Gasteiger partial charge in [-0.25, -0.2) is 4.98 Å². The molecule has 2 amide bonds. The summed E-state index contributed by atoms with van der Waals surface area (Å²) in [5, 5.41) is 7.28. The average molecular weight is 476 g/mol. The van der Waals surface area contributed by atoms with Gasteiger partial charge in [-0.15, -0.1) is 0 Å². The number of nitrogens with one attached hydrogen (secondary N) is 3. The van der Waals surface area contributed by atoms with Crippen molar-refractivity contribution in [1.29, 1.82) is 0 Å². The predicted octanol–water partition coefficient (Wildman–Crippen LogP) is 2.51. The van der Waals surface area contributed by atoms with Crippen LogP contribution in [0.1, 0.15) is 36.2 Å². The summed E-state index contributed by atoms with van der Waals surface area (Å²) >= 11 is 7.61. The fourth-order valence-corrected chi connectivity index (χ4v) is 5.30. The molecule has 9 heteroatoms. The predicted molar refractivity (Wildman–Crippen MR) is 128 cm³/mol. The SMILES string of the molecule is CSCC[C@@H](NC(=O)Cc1ccc(Cl)cc1)C(=O)N1CCC2(CC1)NCCc1[nH]cnc12. The van der Waals surface area contributed by atoms with Crippen molar-refractivity contribution in [3.05, 3.63) is 52.6 Å². The largest absolute Gasteiger partial charge is 0.348 e. The third kappa shape index (κ3) is 5.13. The van der Waals surface area contributed by atoms with E-state index in [0.717, 1.165) is 42.8 Å². The molecule has 0 bridgehead atoms. The van der Waals surface area contributed by atoms with Gasteiger partial charge in [-0.3, -0.25) is 9.59 Å². The van der Waals surface area contributed by atoms with Gasteiger partial charge in [-0.1, -0.05) is 23.7 Å².